The largest absolute Gasteiger partial charge is 0.381 e. The smallest absolute Gasteiger partial charge is 0.249 e. The van der Waals surface area contributed by atoms with E-state index in [4.69, 9.17) is 14.2 Å². The summed E-state index contributed by atoms with van der Waals surface area (Å²) < 4.78 is 16.2. The molecule has 0 amide bonds. The summed E-state index contributed by atoms with van der Waals surface area (Å²) in [6, 6.07) is 0. The maximum absolute atomic E-state index is 11.2. The topological polar surface area (TPSA) is 85.9 Å². The summed E-state index contributed by atoms with van der Waals surface area (Å²) in [7, 11) is 1.92. The maximum Gasteiger partial charge on any atom is 0.249 e. The molecule has 0 saturated carbocycles. The lowest BCUT2D eigenvalue weighted by Gasteiger charge is -2.10. The molecule has 0 atom stereocenters. The summed E-state index contributed by atoms with van der Waals surface area (Å²) in [6.07, 6.45) is 1.77. The van der Waals surface area contributed by atoms with Gasteiger partial charge in [-0.3, -0.25) is 9.59 Å². The number of hydrogen-bond acceptors (Lipinski definition) is 7. The molecule has 23 heavy (non-hydrogen) atoms. The molecule has 7 nitrogen and oxygen atoms in total. The SMILES string of the molecule is CNCCCOCCOCCOCCCNc1c(C)c(=O)c1=O. The van der Waals surface area contributed by atoms with E-state index < -0.39 is 5.43 Å². The molecule has 0 aliphatic rings. The molecule has 0 aromatic heterocycles. The van der Waals surface area contributed by atoms with Gasteiger partial charge in [0.1, 0.15) is 0 Å². The van der Waals surface area contributed by atoms with Gasteiger partial charge in [0.15, 0.2) is 0 Å². The standard InChI is InChI=1S/C16H28N2O5/c1-13-14(16(20)15(13)19)18-6-4-8-22-10-12-23-11-9-21-7-3-5-17-2/h17-18H,3-12H2,1-2H3. The number of rotatable bonds is 15. The van der Waals surface area contributed by atoms with Gasteiger partial charge in [-0.1, -0.05) is 0 Å². The first-order valence-corrected chi connectivity index (χ1v) is 8.10. The quantitative estimate of drug-likeness (QED) is 0.348. The Kier molecular flexibility index (Phi) is 10.5. The molecule has 0 aliphatic heterocycles. The fourth-order valence-electron chi connectivity index (χ4n) is 2.00. The van der Waals surface area contributed by atoms with Crippen LogP contribution in [0.3, 0.4) is 0 Å². The van der Waals surface area contributed by atoms with Gasteiger partial charge >= 0.3 is 0 Å². The van der Waals surface area contributed by atoms with E-state index in [1.165, 1.54) is 0 Å². The predicted molar refractivity (Wildman–Crippen MR) is 90.2 cm³/mol. The van der Waals surface area contributed by atoms with Crippen molar-refractivity contribution in [2.75, 3.05) is 65.1 Å². The van der Waals surface area contributed by atoms with Crippen LogP contribution in [-0.4, -0.2) is 59.8 Å². The van der Waals surface area contributed by atoms with Gasteiger partial charge in [-0.15, -0.1) is 0 Å². The second-order valence-electron chi connectivity index (χ2n) is 5.23. The Morgan fingerprint density at radius 1 is 0.783 bits per heavy atom. The Morgan fingerprint density at radius 3 is 1.83 bits per heavy atom. The van der Waals surface area contributed by atoms with Gasteiger partial charge in [-0.25, -0.2) is 0 Å². The van der Waals surface area contributed by atoms with Crippen molar-refractivity contribution in [1.82, 2.24) is 5.32 Å². The van der Waals surface area contributed by atoms with Crippen LogP contribution in [0, 0.1) is 6.92 Å². The molecule has 0 spiro atoms. The Bertz CT molecular complexity index is 497. The molecule has 132 valence electrons. The van der Waals surface area contributed by atoms with Crippen LogP contribution in [0.5, 0.6) is 0 Å². The van der Waals surface area contributed by atoms with Crippen molar-refractivity contribution in [3.8, 4) is 0 Å². The molecular weight excluding hydrogens is 300 g/mol. The molecule has 1 aromatic carbocycles. The summed E-state index contributed by atoms with van der Waals surface area (Å²) >= 11 is 0. The molecule has 0 radical (unpaired) electrons. The summed E-state index contributed by atoms with van der Waals surface area (Å²) in [5.41, 5.74) is 0.183. The lowest BCUT2D eigenvalue weighted by Crippen LogP contribution is -2.37. The van der Waals surface area contributed by atoms with Crippen LogP contribution >= 0.6 is 0 Å². The van der Waals surface area contributed by atoms with Gasteiger partial charge in [0.25, 0.3) is 0 Å². The molecule has 0 heterocycles. The van der Waals surface area contributed by atoms with Crippen molar-refractivity contribution < 1.29 is 14.2 Å². The monoisotopic (exact) mass is 328 g/mol. The lowest BCUT2D eigenvalue weighted by atomic mass is 10.1. The minimum Gasteiger partial charge on any atom is -0.381 e. The molecule has 1 rings (SSSR count). The summed E-state index contributed by atoms with van der Waals surface area (Å²) in [4.78, 5) is 22.2. The first-order chi connectivity index (χ1) is 11.2. The van der Waals surface area contributed by atoms with Crippen LogP contribution in [0.1, 0.15) is 18.4 Å². The van der Waals surface area contributed by atoms with E-state index >= 15 is 0 Å². The summed E-state index contributed by atoms with van der Waals surface area (Å²) in [5, 5.41) is 6.03. The fourth-order valence-corrected chi connectivity index (χ4v) is 2.00. The third-order valence-corrected chi connectivity index (χ3v) is 3.38. The van der Waals surface area contributed by atoms with Gasteiger partial charge in [0.05, 0.1) is 32.1 Å². The van der Waals surface area contributed by atoms with Crippen LogP contribution in [0.15, 0.2) is 9.59 Å². The molecule has 0 aliphatic carbocycles. The zero-order valence-corrected chi connectivity index (χ0v) is 14.1. The zero-order valence-electron chi connectivity index (χ0n) is 14.1. The van der Waals surface area contributed by atoms with E-state index in [1.54, 1.807) is 6.92 Å². The zero-order chi connectivity index (χ0) is 16.9. The first-order valence-electron chi connectivity index (χ1n) is 8.10. The number of ether oxygens (including phenoxy) is 3. The minimum absolute atomic E-state index is 0.382. The van der Waals surface area contributed by atoms with Gasteiger partial charge in [-0.05, 0) is 33.4 Å². The van der Waals surface area contributed by atoms with E-state index in [-0.39, 0.29) is 5.43 Å². The Hall–Kier alpha value is -1.28. The highest BCUT2D eigenvalue weighted by Crippen LogP contribution is 2.04. The van der Waals surface area contributed by atoms with E-state index in [2.05, 4.69) is 10.6 Å². The van der Waals surface area contributed by atoms with Crippen LogP contribution in [0.2, 0.25) is 0 Å². The highest BCUT2D eigenvalue weighted by atomic mass is 16.5. The summed E-state index contributed by atoms with van der Waals surface area (Å²) in [5.74, 6) is 0. The molecular formula is C16H28N2O5. The van der Waals surface area contributed by atoms with Crippen LogP contribution in [0.4, 0.5) is 5.69 Å². The van der Waals surface area contributed by atoms with Crippen molar-refractivity contribution in [2.45, 2.75) is 19.8 Å². The number of anilines is 1. The van der Waals surface area contributed by atoms with E-state index in [9.17, 15) is 9.59 Å². The van der Waals surface area contributed by atoms with Gasteiger partial charge in [0, 0.05) is 25.3 Å². The molecule has 0 bridgehead atoms. The molecule has 1 aromatic rings. The second-order valence-corrected chi connectivity index (χ2v) is 5.23. The van der Waals surface area contributed by atoms with E-state index in [0.29, 0.717) is 50.8 Å². The van der Waals surface area contributed by atoms with Crippen molar-refractivity contribution >= 4 is 5.69 Å². The lowest BCUT2D eigenvalue weighted by molar-refractivity contribution is 0.0142. The average Bonchev–Trinajstić information content (AvgIpc) is 2.57. The maximum atomic E-state index is 11.2. The van der Waals surface area contributed by atoms with Gasteiger partial charge in [-0.2, -0.15) is 0 Å². The molecule has 0 unspecified atom stereocenters. The third kappa shape index (κ3) is 7.69. The molecule has 7 heteroatoms. The third-order valence-electron chi connectivity index (χ3n) is 3.38. The van der Waals surface area contributed by atoms with E-state index in [0.717, 1.165) is 26.0 Å². The normalized spacial score (nSPS) is 11.2. The number of hydrogen-bond donors (Lipinski definition) is 2. The molecule has 0 saturated heterocycles. The van der Waals surface area contributed by atoms with Crippen LogP contribution in [-0.2, 0) is 14.2 Å². The highest BCUT2D eigenvalue weighted by molar-refractivity contribution is 5.55. The van der Waals surface area contributed by atoms with Crippen LogP contribution < -0.4 is 21.5 Å². The fraction of sp³-hybridized carbons (Fsp3) is 0.750. The van der Waals surface area contributed by atoms with Crippen LogP contribution in [0.25, 0.3) is 0 Å². The predicted octanol–water partition coefficient (Wildman–Crippen LogP) is 0.0523. The second kappa shape index (κ2) is 12.2. The van der Waals surface area contributed by atoms with Crippen molar-refractivity contribution in [3.05, 3.63) is 26.0 Å². The minimum atomic E-state index is -0.412. The molecule has 2 N–H and O–H groups in total. The van der Waals surface area contributed by atoms with Crippen molar-refractivity contribution in [2.24, 2.45) is 0 Å². The Labute approximate surface area is 137 Å². The van der Waals surface area contributed by atoms with Crippen molar-refractivity contribution in [1.29, 1.82) is 0 Å². The van der Waals surface area contributed by atoms with Gasteiger partial charge < -0.3 is 24.8 Å². The first kappa shape index (κ1) is 19.8. The summed E-state index contributed by atoms with van der Waals surface area (Å²) in [6.45, 7) is 6.84. The molecule has 0 fully saturated rings. The Balaban J connectivity index is 1.80. The van der Waals surface area contributed by atoms with Crippen molar-refractivity contribution in [3.63, 3.8) is 0 Å². The highest BCUT2D eigenvalue weighted by Gasteiger charge is 2.15. The van der Waals surface area contributed by atoms with Gasteiger partial charge in [0.2, 0.25) is 10.9 Å². The van der Waals surface area contributed by atoms with E-state index in [1.807, 2.05) is 7.05 Å². The number of nitrogens with one attached hydrogen (secondary N) is 2. The Morgan fingerprint density at radius 2 is 1.30 bits per heavy atom. The average molecular weight is 328 g/mol.